The number of hydrogen-bond acceptors (Lipinski definition) is 2. The van der Waals surface area contributed by atoms with Crippen molar-refractivity contribution in [2.75, 3.05) is 26.2 Å². The molecule has 1 saturated carbocycles. The van der Waals surface area contributed by atoms with E-state index in [2.05, 4.69) is 34.5 Å². The lowest BCUT2D eigenvalue weighted by molar-refractivity contribution is 0.335. The SMILES string of the molecule is c1ccc(C2CC2)c(CNCCN2CCCC2)c1. The number of rotatable bonds is 6. The second-order valence-corrected chi connectivity index (χ2v) is 5.70. The molecule has 0 radical (unpaired) electrons. The van der Waals surface area contributed by atoms with Gasteiger partial charge in [0.2, 0.25) is 0 Å². The van der Waals surface area contributed by atoms with Crippen LogP contribution in [0, 0.1) is 0 Å². The molecule has 3 rings (SSSR count). The fourth-order valence-electron chi connectivity index (χ4n) is 2.95. The molecule has 1 heterocycles. The Hall–Kier alpha value is -0.860. The summed E-state index contributed by atoms with van der Waals surface area (Å²) in [4.78, 5) is 2.57. The molecular formula is C16H24N2. The van der Waals surface area contributed by atoms with Crippen LogP contribution in [0.25, 0.3) is 0 Å². The minimum Gasteiger partial charge on any atom is -0.311 e. The quantitative estimate of drug-likeness (QED) is 0.774. The van der Waals surface area contributed by atoms with Crippen molar-refractivity contribution in [3.63, 3.8) is 0 Å². The van der Waals surface area contributed by atoms with E-state index in [-0.39, 0.29) is 0 Å². The largest absolute Gasteiger partial charge is 0.311 e. The van der Waals surface area contributed by atoms with Gasteiger partial charge in [0.1, 0.15) is 0 Å². The maximum absolute atomic E-state index is 3.61. The van der Waals surface area contributed by atoms with Crippen molar-refractivity contribution in [1.82, 2.24) is 10.2 Å². The Morgan fingerprint density at radius 2 is 1.89 bits per heavy atom. The number of nitrogens with zero attached hydrogens (tertiary/aromatic N) is 1. The summed E-state index contributed by atoms with van der Waals surface area (Å²) in [5.74, 6) is 0.863. The first-order valence-electron chi connectivity index (χ1n) is 7.44. The first kappa shape index (κ1) is 12.2. The standard InChI is InChI=1S/C16H24N2/c1-2-6-16(14-7-8-14)15(5-1)13-17-9-12-18-10-3-4-11-18/h1-2,5-6,14,17H,3-4,7-13H2. The van der Waals surface area contributed by atoms with Crippen molar-refractivity contribution in [3.8, 4) is 0 Å². The van der Waals surface area contributed by atoms with Gasteiger partial charge in [0, 0.05) is 19.6 Å². The monoisotopic (exact) mass is 244 g/mol. The number of nitrogens with one attached hydrogen (secondary N) is 1. The second-order valence-electron chi connectivity index (χ2n) is 5.70. The molecule has 1 aromatic carbocycles. The third-order valence-corrected chi connectivity index (χ3v) is 4.19. The maximum Gasteiger partial charge on any atom is 0.0208 e. The van der Waals surface area contributed by atoms with E-state index in [1.807, 2.05) is 0 Å². The van der Waals surface area contributed by atoms with Gasteiger partial charge in [-0.2, -0.15) is 0 Å². The van der Waals surface area contributed by atoms with Crippen LogP contribution in [0.15, 0.2) is 24.3 Å². The minimum absolute atomic E-state index is 0.863. The number of hydrogen-bond donors (Lipinski definition) is 1. The highest BCUT2D eigenvalue weighted by Gasteiger charge is 2.25. The summed E-state index contributed by atoms with van der Waals surface area (Å²) >= 11 is 0. The molecule has 1 aliphatic carbocycles. The lowest BCUT2D eigenvalue weighted by Gasteiger charge is -2.15. The Kier molecular flexibility index (Phi) is 3.96. The topological polar surface area (TPSA) is 15.3 Å². The Labute approximate surface area is 110 Å². The molecule has 2 nitrogen and oxygen atoms in total. The Morgan fingerprint density at radius 3 is 2.67 bits per heavy atom. The molecule has 1 saturated heterocycles. The van der Waals surface area contributed by atoms with Gasteiger partial charge in [-0.3, -0.25) is 0 Å². The van der Waals surface area contributed by atoms with E-state index in [9.17, 15) is 0 Å². The van der Waals surface area contributed by atoms with E-state index in [1.54, 1.807) is 5.56 Å². The summed E-state index contributed by atoms with van der Waals surface area (Å²) in [6.45, 7) is 5.99. The number of benzene rings is 1. The van der Waals surface area contributed by atoms with Crippen molar-refractivity contribution < 1.29 is 0 Å². The lowest BCUT2D eigenvalue weighted by atomic mass is 10.0. The average Bonchev–Trinajstić information content (AvgIpc) is 3.12. The van der Waals surface area contributed by atoms with Crippen LogP contribution in [0.1, 0.15) is 42.7 Å². The van der Waals surface area contributed by atoms with E-state index in [0.29, 0.717) is 0 Å². The van der Waals surface area contributed by atoms with Gasteiger partial charge >= 0.3 is 0 Å². The molecule has 1 aliphatic heterocycles. The van der Waals surface area contributed by atoms with Crippen molar-refractivity contribution >= 4 is 0 Å². The first-order valence-corrected chi connectivity index (χ1v) is 7.44. The van der Waals surface area contributed by atoms with Gasteiger partial charge in [-0.25, -0.2) is 0 Å². The molecule has 98 valence electrons. The summed E-state index contributed by atoms with van der Waals surface area (Å²) in [5, 5.41) is 3.61. The van der Waals surface area contributed by atoms with E-state index in [1.165, 1.54) is 50.9 Å². The third-order valence-electron chi connectivity index (χ3n) is 4.19. The van der Waals surface area contributed by atoms with Crippen LogP contribution >= 0.6 is 0 Å². The summed E-state index contributed by atoms with van der Waals surface area (Å²) < 4.78 is 0. The molecule has 0 bridgehead atoms. The predicted molar refractivity (Wildman–Crippen MR) is 75.8 cm³/mol. The van der Waals surface area contributed by atoms with Crippen LogP contribution in [0.4, 0.5) is 0 Å². The molecule has 0 unspecified atom stereocenters. The first-order chi connectivity index (χ1) is 8.93. The molecule has 2 fully saturated rings. The molecule has 2 aliphatic rings. The normalized spacial score (nSPS) is 20.4. The Balaban J connectivity index is 1.44. The van der Waals surface area contributed by atoms with Gasteiger partial charge in [-0.05, 0) is 55.8 Å². The highest BCUT2D eigenvalue weighted by Crippen LogP contribution is 2.41. The maximum atomic E-state index is 3.61. The molecule has 18 heavy (non-hydrogen) atoms. The highest BCUT2D eigenvalue weighted by molar-refractivity contribution is 5.33. The molecule has 1 N–H and O–H groups in total. The van der Waals surface area contributed by atoms with Gasteiger partial charge in [0.05, 0.1) is 0 Å². The zero-order valence-electron chi connectivity index (χ0n) is 11.2. The van der Waals surface area contributed by atoms with E-state index in [4.69, 9.17) is 0 Å². The van der Waals surface area contributed by atoms with Gasteiger partial charge in [-0.15, -0.1) is 0 Å². The second kappa shape index (κ2) is 5.85. The summed E-state index contributed by atoms with van der Waals surface area (Å²) in [5.41, 5.74) is 3.10. The van der Waals surface area contributed by atoms with E-state index in [0.717, 1.165) is 19.0 Å². The zero-order chi connectivity index (χ0) is 12.2. The van der Waals surface area contributed by atoms with Crippen LogP contribution in [0.2, 0.25) is 0 Å². The zero-order valence-corrected chi connectivity index (χ0v) is 11.2. The molecule has 0 spiro atoms. The predicted octanol–water partition coefficient (Wildman–Crippen LogP) is 2.75. The van der Waals surface area contributed by atoms with Crippen LogP contribution in [-0.4, -0.2) is 31.1 Å². The minimum atomic E-state index is 0.863. The van der Waals surface area contributed by atoms with E-state index < -0.39 is 0 Å². The van der Waals surface area contributed by atoms with Crippen molar-refractivity contribution in [2.45, 2.75) is 38.1 Å². The van der Waals surface area contributed by atoms with Crippen molar-refractivity contribution in [2.24, 2.45) is 0 Å². The summed E-state index contributed by atoms with van der Waals surface area (Å²) in [7, 11) is 0. The van der Waals surface area contributed by atoms with Gasteiger partial charge in [-0.1, -0.05) is 24.3 Å². The third kappa shape index (κ3) is 3.12. The number of likely N-dealkylation sites (tertiary alicyclic amines) is 1. The molecule has 0 aromatic heterocycles. The molecule has 0 atom stereocenters. The van der Waals surface area contributed by atoms with Gasteiger partial charge in [0.15, 0.2) is 0 Å². The fourth-order valence-corrected chi connectivity index (χ4v) is 2.95. The van der Waals surface area contributed by atoms with Crippen LogP contribution < -0.4 is 5.32 Å². The Bertz CT molecular complexity index is 378. The lowest BCUT2D eigenvalue weighted by Crippen LogP contribution is -2.29. The van der Waals surface area contributed by atoms with Crippen molar-refractivity contribution in [3.05, 3.63) is 35.4 Å². The molecule has 2 heteroatoms. The van der Waals surface area contributed by atoms with Crippen LogP contribution in [-0.2, 0) is 6.54 Å². The average molecular weight is 244 g/mol. The summed E-state index contributed by atoms with van der Waals surface area (Å²) in [6.07, 6.45) is 5.57. The van der Waals surface area contributed by atoms with Gasteiger partial charge in [0.25, 0.3) is 0 Å². The molecular weight excluding hydrogens is 220 g/mol. The summed E-state index contributed by atoms with van der Waals surface area (Å²) in [6, 6.07) is 8.95. The Morgan fingerprint density at radius 1 is 1.11 bits per heavy atom. The molecule has 1 aromatic rings. The molecule has 0 amide bonds. The van der Waals surface area contributed by atoms with Crippen LogP contribution in [0.3, 0.4) is 0 Å². The van der Waals surface area contributed by atoms with Crippen LogP contribution in [0.5, 0.6) is 0 Å². The van der Waals surface area contributed by atoms with Crippen molar-refractivity contribution in [1.29, 1.82) is 0 Å². The van der Waals surface area contributed by atoms with E-state index >= 15 is 0 Å². The fraction of sp³-hybridized carbons (Fsp3) is 0.625. The highest BCUT2D eigenvalue weighted by atomic mass is 15.1. The van der Waals surface area contributed by atoms with Gasteiger partial charge < -0.3 is 10.2 Å². The smallest absolute Gasteiger partial charge is 0.0208 e.